The van der Waals surface area contributed by atoms with Crippen molar-refractivity contribution in [2.75, 3.05) is 13.2 Å². The molecule has 0 aromatic rings. The van der Waals surface area contributed by atoms with Gasteiger partial charge < -0.3 is 15.5 Å². The second-order valence-corrected chi connectivity index (χ2v) is 6.99. The van der Waals surface area contributed by atoms with Crippen molar-refractivity contribution in [3.05, 3.63) is 0 Å². The summed E-state index contributed by atoms with van der Waals surface area (Å²) in [5, 5.41) is 22.5. The van der Waals surface area contributed by atoms with E-state index in [0.29, 0.717) is 11.5 Å². The van der Waals surface area contributed by atoms with E-state index >= 15 is 0 Å². The Morgan fingerprint density at radius 1 is 0.947 bits per heavy atom. The third-order valence-corrected chi connectivity index (χ3v) is 5.54. The minimum absolute atomic E-state index is 0.0143. The SMILES string of the molecule is CCC(CO)(CO)NC1CCC(C(C)(C)CC)CC1. The average Bonchev–Trinajstić information content (AvgIpc) is 2.45. The molecule has 0 aliphatic heterocycles. The van der Waals surface area contributed by atoms with Gasteiger partial charge in [0.05, 0.1) is 18.8 Å². The summed E-state index contributed by atoms with van der Waals surface area (Å²) in [6.45, 7) is 9.09. The molecule has 0 aromatic heterocycles. The van der Waals surface area contributed by atoms with Crippen LogP contribution in [0.3, 0.4) is 0 Å². The van der Waals surface area contributed by atoms with Crippen LogP contribution in [0.15, 0.2) is 0 Å². The van der Waals surface area contributed by atoms with Crippen molar-refractivity contribution in [1.29, 1.82) is 0 Å². The third-order valence-electron chi connectivity index (χ3n) is 5.54. The Morgan fingerprint density at radius 3 is 1.84 bits per heavy atom. The molecule has 1 fully saturated rings. The summed E-state index contributed by atoms with van der Waals surface area (Å²) < 4.78 is 0. The summed E-state index contributed by atoms with van der Waals surface area (Å²) in [5.41, 5.74) is -0.0431. The van der Waals surface area contributed by atoms with Crippen LogP contribution in [0.2, 0.25) is 0 Å². The Morgan fingerprint density at radius 2 is 1.47 bits per heavy atom. The maximum atomic E-state index is 9.50. The molecule has 1 aliphatic carbocycles. The van der Waals surface area contributed by atoms with Gasteiger partial charge in [-0.1, -0.05) is 34.1 Å². The van der Waals surface area contributed by atoms with Crippen LogP contribution in [-0.4, -0.2) is 35.0 Å². The molecule has 1 aliphatic rings. The minimum Gasteiger partial charge on any atom is -0.394 e. The van der Waals surface area contributed by atoms with E-state index in [4.69, 9.17) is 0 Å². The maximum absolute atomic E-state index is 9.50. The number of nitrogens with one attached hydrogen (secondary N) is 1. The van der Waals surface area contributed by atoms with Crippen molar-refractivity contribution in [1.82, 2.24) is 5.32 Å². The highest BCUT2D eigenvalue weighted by molar-refractivity contribution is 4.92. The fourth-order valence-corrected chi connectivity index (χ4v) is 3.21. The first kappa shape index (κ1) is 16.9. The van der Waals surface area contributed by atoms with Gasteiger partial charge in [0.2, 0.25) is 0 Å². The maximum Gasteiger partial charge on any atom is 0.0647 e. The minimum atomic E-state index is -0.488. The van der Waals surface area contributed by atoms with Crippen LogP contribution in [-0.2, 0) is 0 Å². The lowest BCUT2D eigenvalue weighted by Gasteiger charge is -2.42. The summed E-state index contributed by atoms with van der Waals surface area (Å²) in [6, 6.07) is 0.447. The second-order valence-electron chi connectivity index (χ2n) is 6.99. The van der Waals surface area contributed by atoms with Crippen LogP contribution in [0.5, 0.6) is 0 Å². The topological polar surface area (TPSA) is 52.5 Å². The van der Waals surface area contributed by atoms with Crippen LogP contribution < -0.4 is 5.32 Å². The highest BCUT2D eigenvalue weighted by atomic mass is 16.3. The first-order valence-corrected chi connectivity index (χ1v) is 7.92. The van der Waals surface area contributed by atoms with E-state index in [1.54, 1.807) is 0 Å². The zero-order valence-corrected chi connectivity index (χ0v) is 13.2. The molecule has 1 rings (SSSR count). The summed E-state index contributed by atoms with van der Waals surface area (Å²) >= 11 is 0. The molecule has 0 heterocycles. The molecular formula is C16H33NO2. The van der Waals surface area contributed by atoms with Crippen LogP contribution in [0.1, 0.15) is 66.2 Å². The molecule has 1 saturated carbocycles. The smallest absolute Gasteiger partial charge is 0.0647 e. The van der Waals surface area contributed by atoms with Crippen molar-refractivity contribution in [2.45, 2.75) is 77.8 Å². The van der Waals surface area contributed by atoms with Gasteiger partial charge in [0.1, 0.15) is 0 Å². The Labute approximate surface area is 118 Å². The fraction of sp³-hybridized carbons (Fsp3) is 1.00. The van der Waals surface area contributed by atoms with Crippen molar-refractivity contribution >= 4 is 0 Å². The molecule has 3 N–H and O–H groups in total. The molecule has 114 valence electrons. The molecule has 0 unspecified atom stereocenters. The Kier molecular flexibility index (Phi) is 6.28. The molecule has 0 bridgehead atoms. The zero-order chi connectivity index (χ0) is 14.5. The largest absolute Gasteiger partial charge is 0.394 e. The lowest BCUT2D eigenvalue weighted by Crippen LogP contribution is -2.56. The molecular weight excluding hydrogens is 238 g/mol. The molecule has 19 heavy (non-hydrogen) atoms. The summed E-state index contributed by atoms with van der Waals surface area (Å²) in [7, 11) is 0. The van der Waals surface area contributed by atoms with Gasteiger partial charge >= 0.3 is 0 Å². The van der Waals surface area contributed by atoms with E-state index in [1.165, 1.54) is 19.3 Å². The standard InChI is InChI=1S/C16H33NO2/c1-5-15(3,4)13-7-9-14(10-8-13)17-16(6-2,11-18)12-19/h13-14,17-19H,5-12H2,1-4H3. The Bertz CT molecular complexity index is 245. The highest BCUT2D eigenvalue weighted by Crippen LogP contribution is 2.40. The second kappa shape index (κ2) is 7.05. The van der Waals surface area contributed by atoms with E-state index in [2.05, 4.69) is 26.1 Å². The van der Waals surface area contributed by atoms with Crippen LogP contribution in [0.25, 0.3) is 0 Å². The number of hydrogen-bond donors (Lipinski definition) is 3. The summed E-state index contributed by atoms with van der Waals surface area (Å²) in [6.07, 6.45) is 6.85. The quantitative estimate of drug-likeness (QED) is 0.667. The fourth-order valence-electron chi connectivity index (χ4n) is 3.21. The lowest BCUT2D eigenvalue weighted by atomic mass is 9.68. The summed E-state index contributed by atoms with van der Waals surface area (Å²) in [4.78, 5) is 0. The van der Waals surface area contributed by atoms with Gasteiger partial charge in [-0.25, -0.2) is 0 Å². The molecule has 0 saturated heterocycles. The average molecular weight is 271 g/mol. The van der Waals surface area contributed by atoms with Crippen molar-refractivity contribution in [2.24, 2.45) is 11.3 Å². The molecule has 0 aromatic carbocycles. The van der Waals surface area contributed by atoms with Gasteiger partial charge in [-0.2, -0.15) is 0 Å². The monoisotopic (exact) mass is 271 g/mol. The van der Waals surface area contributed by atoms with E-state index in [-0.39, 0.29) is 13.2 Å². The normalized spacial score (nSPS) is 25.6. The third kappa shape index (κ3) is 4.17. The molecule has 3 nitrogen and oxygen atoms in total. The van der Waals surface area contributed by atoms with E-state index < -0.39 is 5.54 Å². The van der Waals surface area contributed by atoms with Gasteiger partial charge in [-0.3, -0.25) is 0 Å². The Balaban J connectivity index is 2.50. The molecule has 0 amide bonds. The lowest BCUT2D eigenvalue weighted by molar-refractivity contribution is 0.0607. The Hall–Kier alpha value is -0.120. The van der Waals surface area contributed by atoms with Gasteiger partial charge in [0.25, 0.3) is 0 Å². The summed E-state index contributed by atoms with van der Waals surface area (Å²) in [5.74, 6) is 0.815. The predicted molar refractivity (Wildman–Crippen MR) is 80.1 cm³/mol. The molecule has 0 atom stereocenters. The van der Waals surface area contributed by atoms with E-state index in [0.717, 1.165) is 25.2 Å². The van der Waals surface area contributed by atoms with Gasteiger partial charge in [0.15, 0.2) is 0 Å². The van der Waals surface area contributed by atoms with E-state index in [1.807, 2.05) is 6.92 Å². The molecule has 0 radical (unpaired) electrons. The molecule has 3 heteroatoms. The molecule has 0 spiro atoms. The van der Waals surface area contributed by atoms with Gasteiger partial charge in [-0.15, -0.1) is 0 Å². The predicted octanol–water partition coefficient (Wildman–Crippen LogP) is 2.70. The van der Waals surface area contributed by atoms with Crippen LogP contribution >= 0.6 is 0 Å². The number of aliphatic hydroxyl groups excluding tert-OH is 2. The first-order valence-electron chi connectivity index (χ1n) is 7.92. The van der Waals surface area contributed by atoms with Crippen molar-refractivity contribution in [3.63, 3.8) is 0 Å². The van der Waals surface area contributed by atoms with Gasteiger partial charge in [0, 0.05) is 6.04 Å². The highest BCUT2D eigenvalue weighted by Gasteiger charge is 2.35. The van der Waals surface area contributed by atoms with Crippen LogP contribution in [0.4, 0.5) is 0 Å². The van der Waals surface area contributed by atoms with Gasteiger partial charge in [-0.05, 0) is 43.4 Å². The van der Waals surface area contributed by atoms with Crippen molar-refractivity contribution < 1.29 is 10.2 Å². The first-order chi connectivity index (χ1) is 8.93. The number of rotatable bonds is 7. The number of hydrogen-bond acceptors (Lipinski definition) is 3. The number of aliphatic hydroxyl groups is 2. The van der Waals surface area contributed by atoms with E-state index in [9.17, 15) is 10.2 Å². The van der Waals surface area contributed by atoms with Crippen LogP contribution in [0, 0.1) is 11.3 Å². The van der Waals surface area contributed by atoms with Crippen molar-refractivity contribution in [3.8, 4) is 0 Å². The zero-order valence-electron chi connectivity index (χ0n) is 13.2.